The Labute approximate surface area is 95.7 Å². The van der Waals surface area contributed by atoms with Crippen molar-refractivity contribution in [3.63, 3.8) is 0 Å². The van der Waals surface area contributed by atoms with Crippen LogP contribution in [0.4, 0.5) is 5.82 Å². The van der Waals surface area contributed by atoms with Crippen LogP contribution in [-0.4, -0.2) is 15.6 Å². The third kappa shape index (κ3) is 2.26. The Hall–Kier alpha value is -1.32. The van der Waals surface area contributed by atoms with Crippen molar-refractivity contribution in [2.45, 2.75) is 45.7 Å². The second-order valence-electron chi connectivity index (χ2n) is 4.43. The molecule has 1 aromatic rings. The highest BCUT2D eigenvalue weighted by Gasteiger charge is 2.35. The number of nitrogens with zero attached hydrogens (tertiary/aromatic N) is 2. The van der Waals surface area contributed by atoms with E-state index in [4.69, 9.17) is 0 Å². The molecule has 0 spiro atoms. The number of nitrogens with one attached hydrogen (secondary N) is 1. The lowest BCUT2D eigenvalue weighted by Gasteiger charge is -2.07. The SMILES string of the molecule is CCCn1ccnc(NC2CC2CC)c1=O. The third-order valence-corrected chi connectivity index (χ3v) is 3.15. The van der Waals surface area contributed by atoms with Gasteiger partial charge in [0.25, 0.3) is 5.56 Å². The lowest BCUT2D eigenvalue weighted by Crippen LogP contribution is -2.25. The zero-order chi connectivity index (χ0) is 11.5. The molecule has 1 aromatic heterocycles. The van der Waals surface area contributed by atoms with Crippen LogP contribution in [0.3, 0.4) is 0 Å². The minimum atomic E-state index is 0.00565. The van der Waals surface area contributed by atoms with E-state index in [0.717, 1.165) is 18.9 Å². The van der Waals surface area contributed by atoms with Gasteiger partial charge in [0.15, 0.2) is 5.82 Å². The maximum absolute atomic E-state index is 12.0. The maximum atomic E-state index is 12.0. The van der Waals surface area contributed by atoms with E-state index in [1.807, 2.05) is 0 Å². The number of hydrogen-bond acceptors (Lipinski definition) is 3. The molecule has 0 amide bonds. The van der Waals surface area contributed by atoms with Gasteiger partial charge in [-0.2, -0.15) is 0 Å². The fourth-order valence-corrected chi connectivity index (χ4v) is 2.01. The van der Waals surface area contributed by atoms with Gasteiger partial charge in [0.05, 0.1) is 0 Å². The predicted octanol–water partition coefficient (Wildman–Crippen LogP) is 1.86. The van der Waals surface area contributed by atoms with E-state index in [9.17, 15) is 4.79 Å². The number of hydrogen-bond donors (Lipinski definition) is 1. The fraction of sp³-hybridized carbons (Fsp3) is 0.667. The summed E-state index contributed by atoms with van der Waals surface area (Å²) in [7, 11) is 0. The fourth-order valence-electron chi connectivity index (χ4n) is 2.01. The molecule has 1 fully saturated rings. The summed E-state index contributed by atoms with van der Waals surface area (Å²) in [6.45, 7) is 5.01. The van der Waals surface area contributed by atoms with Crippen LogP contribution in [0.1, 0.15) is 33.1 Å². The highest BCUT2D eigenvalue weighted by molar-refractivity contribution is 5.34. The van der Waals surface area contributed by atoms with Crippen LogP contribution >= 0.6 is 0 Å². The first kappa shape index (κ1) is 11.2. The van der Waals surface area contributed by atoms with Crippen molar-refractivity contribution in [3.05, 3.63) is 22.7 Å². The minimum absolute atomic E-state index is 0.00565. The number of rotatable bonds is 5. The normalized spacial score (nSPS) is 23.1. The Balaban J connectivity index is 2.09. The zero-order valence-corrected chi connectivity index (χ0v) is 9.94. The van der Waals surface area contributed by atoms with Crippen LogP contribution in [0.15, 0.2) is 17.2 Å². The molecule has 2 atom stereocenters. The molecule has 0 saturated heterocycles. The van der Waals surface area contributed by atoms with E-state index >= 15 is 0 Å². The van der Waals surface area contributed by atoms with E-state index in [-0.39, 0.29) is 5.56 Å². The standard InChI is InChI=1S/C12H19N3O/c1-3-6-15-7-5-13-11(12(15)16)14-10-8-9(10)4-2/h5,7,9-10H,3-4,6,8H2,1-2H3,(H,13,14). The van der Waals surface area contributed by atoms with Crippen molar-refractivity contribution in [3.8, 4) is 0 Å². The molecular weight excluding hydrogens is 202 g/mol. The van der Waals surface area contributed by atoms with Gasteiger partial charge in [0.2, 0.25) is 0 Å². The summed E-state index contributed by atoms with van der Waals surface area (Å²) in [6, 6.07) is 0.461. The van der Waals surface area contributed by atoms with Crippen molar-refractivity contribution in [1.29, 1.82) is 0 Å². The van der Waals surface area contributed by atoms with Crippen LogP contribution in [0, 0.1) is 5.92 Å². The van der Waals surface area contributed by atoms with Gasteiger partial charge in [-0.3, -0.25) is 4.79 Å². The van der Waals surface area contributed by atoms with Crippen LogP contribution in [0.25, 0.3) is 0 Å². The van der Waals surface area contributed by atoms with Crippen molar-refractivity contribution in [2.75, 3.05) is 5.32 Å². The first-order valence-corrected chi connectivity index (χ1v) is 6.08. The molecule has 16 heavy (non-hydrogen) atoms. The van der Waals surface area contributed by atoms with Gasteiger partial charge < -0.3 is 9.88 Å². The van der Waals surface area contributed by atoms with Crippen LogP contribution in [-0.2, 0) is 6.54 Å². The first-order valence-electron chi connectivity index (χ1n) is 6.08. The molecule has 1 heterocycles. The Morgan fingerprint density at radius 1 is 1.56 bits per heavy atom. The molecule has 88 valence electrons. The van der Waals surface area contributed by atoms with Gasteiger partial charge in [-0.15, -0.1) is 0 Å². The van der Waals surface area contributed by atoms with Gasteiger partial charge in [0, 0.05) is 25.0 Å². The zero-order valence-electron chi connectivity index (χ0n) is 9.94. The summed E-state index contributed by atoms with van der Waals surface area (Å²) >= 11 is 0. The lowest BCUT2D eigenvalue weighted by atomic mass is 10.3. The molecule has 0 aliphatic heterocycles. The summed E-state index contributed by atoms with van der Waals surface area (Å²) in [5.41, 5.74) is 0.00565. The molecule has 2 unspecified atom stereocenters. The molecular formula is C12H19N3O. The van der Waals surface area contributed by atoms with Crippen molar-refractivity contribution in [1.82, 2.24) is 9.55 Å². The first-order chi connectivity index (χ1) is 7.76. The van der Waals surface area contributed by atoms with Crippen molar-refractivity contribution >= 4 is 5.82 Å². The third-order valence-electron chi connectivity index (χ3n) is 3.15. The Morgan fingerprint density at radius 2 is 2.38 bits per heavy atom. The predicted molar refractivity (Wildman–Crippen MR) is 64.6 cm³/mol. The largest absolute Gasteiger partial charge is 0.362 e. The van der Waals surface area contributed by atoms with Crippen LogP contribution in [0.2, 0.25) is 0 Å². The Bertz CT molecular complexity index is 413. The van der Waals surface area contributed by atoms with E-state index in [1.165, 1.54) is 12.8 Å². The van der Waals surface area contributed by atoms with Crippen molar-refractivity contribution in [2.24, 2.45) is 5.92 Å². The minimum Gasteiger partial charge on any atom is -0.362 e. The summed E-state index contributed by atoms with van der Waals surface area (Å²) < 4.78 is 1.72. The van der Waals surface area contributed by atoms with E-state index in [2.05, 4.69) is 24.1 Å². The van der Waals surface area contributed by atoms with E-state index in [1.54, 1.807) is 17.0 Å². The molecule has 0 bridgehead atoms. The molecule has 1 aliphatic carbocycles. The van der Waals surface area contributed by atoms with Gasteiger partial charge >= 0.3 is 0 Å². The Morgan fingerprint density at radius 3 is 3.00 bits per heavy atom. The molecule has 1 saturated carbocycles. The number of anilines is 1. The highest BCUT2D eigenvalue weighted by Crippen LogP contribution is 2.34. The van der Waals surface area contributed by atoms with Gasteiger partial charge in [-0.05, 0) is 18.8 Å². The van der Waals surface area contributed by atoms with Crippen molar-refractivity contribution < 1.29 is 0 Å². The quantitative estimate of drug-likeness (QED) is 0.825. The molecule has 1 N–H and O–H groups in total. The molecule has 0 aromatic carbocycles. The molecule has 4 nitrogen and oxygen atoms in total. The topological polar surface area (TPSA) is 46.9 Å². The highest BCUT2D eigenvalue weighted by atomic mass is 16.1. The lowest BCUT2D eigenvalue weighted by molar-refractivity contribution is 0.648. The monoisotopic (exact) mass is 221 g/mol. The van der Waals surface area contributed by atoms with Gasteiger partial charge in [0.1, 0.15) is 0 Å². The summed E-state index contributed by atoms with van der Waals surface area (Å²) in [5.74, 6) is 1.23. The summed E-state index contributed by atoms with van der Waals surface area (Å²) in [5, 5.41) is 3.24. The Kier molecular flexibility index (Phi) is 3.27. The molecule has 4 heteroatoms. The molecule has 0 radical (unpaired) electrons. The number of aromatic nitrogens is 2. The average Bonchev–Trinajstić information content (AvgIpc) is 3.03. The summed E-state index contributed by atoms with van der Waals surface area (Å²) in [4.78, 5) is 16.1. The summed E-state index contributed by atoms with van der Waals surface area (Å²) in [6.07, 6.45) is 6.75. The van der Waals surface area contributed by atoms with Gasteiger partial charge in [-0.25, -0.2) is 4.98 Å². The average molecular weight is 221 g/mol. The molecule has 1 aliphatic rings. The smallest absolute Gasteiger partial charge is 0.293 e. The second-order valence-corrected chi connectivity index (χ2v) is 4.43. The van der Waals surface area contributed by atoms with Crippen LogP contribution in [0.5, 0.6) is 0 Å². The van der Waals surface area contributed by atoms with E-state index in [0.29, 0.717) is 11.9 Å². The van der Waals surface area contributed by atoms with Crippen LogP contribution < -0.4 is 10.9 Å². The maximum Gasteiger partial charge on any atom is 0.293 e. The second kappa shape index (κ2) is 4.68. The van der Waals surface area contributed by atoms with E-state index < -0.39 is 0 Å². The molecule has 2 rings (SSSR count). The van der Waals surface area contributed by atoms with Gasteiger partial charge in [-0.1, -0.05) is 20.3 Å². The number of aryl methyl sites for hydroxylation is 1.